The van der Waals surface area contributed by atoms with E-state index in [9.17, 15) is 14.9 Å². The van der Waals surface area contributed by atoms with E-state index in [0.717, 1.165) is 0 Å². The fourth-order valence-electron chi connectivity index (χ4n) is 1.81. The molecule has 0 aliphatic carbocycles. The maximum absolute atomic E-state index is 11.2. The predicted molar refractivity (Wildman–Crippen MR) is 64.9 cm³/mol. The van der Waals surface area contributed by atoms with Gasteiger partial charge < -0.3 is 9.84 Å². The van der Waals surface area contributed by atoms with Crippen LogP contribution < -0.4 is 4.74 Å². The Morgan fingerprint density at radius 2 is 2.22 bits per heavy atom. The molecule has 6 heteroatoms. The number of hydrogen-bond donors (Lipinski definition) is 1. The van der Waals surface area contributed by atoms with Crippen LogP contribution in [0.1, 0.15) is 31.2 Å². The Labute approximate surface area is 104 Å². The van der Waals surface area contributed by atoms with E-state index in [0.29, 0.717) is 18.6 Å². The van der Waals surface area contributed by atoms with Gasteiger partial charge in [0, 0.05) is 11.6 Å². The summed E-state index contributed by atoms with van der Waals surface area (Å²) in [7, 11) is 1.43. The molecule has 0 saturated carbocycles. The molecule has 0 spiro atoms. The number of nitrogens with zero attached hydrogens (tertiary/aromatic N) is 1. The monoisotopic (exact) mass is 253 g/mol. The maximum atomic E-state index is 11.2. The molecule has 0 amide bonds. The summed E-state index contributed by atoms with van der Waals surface area (Å²) in [6.45, 7) is 1.84. The number of benzene rings is 1. The van der Waals surface area contributed by atoms with Crippen molar-refractivity contribution in [1.29, 1.82) is 0 Å². The van der Waals surface area contributed by atoms with Gasteiger partial charge in [0.15, 0.2) is 0 Å². The largest absolute Gasteiger partial charge is 0.497 e. The lowest BCUT2D eigenvalue weighted by Crippen LogP contribution is -2.13. The minimum Gasteiger partial charge on any atom is -0.497 e. The van der Waals surface area contributed by atoms with E-state index in [1.807, 2.05) is 6.92 Å². The van der Waals surface area contributed by atoms with Gasteiger partial charge in [0.25, 0.3) is 5.69 Å². The summed E-state index contributed by atoms with van der Waals surface area (Å²) >= 11 is 0. The molecule has 18 heavy (non-hydrogen) atoms. The van der Waals surface area contributed by atoms with Crippen LogP contribution >= 0.6 is 0 Å². The summed E-state index contributed by atoms with van der Waals surface area (Å²) in [6.07, 6.45) is 0.981. The highest BCUT2D eigenvalue weighted by Gasteiger charge is 2.27. The normalized spacial score (nSPS) is 11.9. The van der Waals surface area contributed by atoms with Crippen molar-refractivity contribution in [3.63, 3.8) is 0 Å². The molecule has 6 nitrogen and oxygen atoms in total. The molecule has 98 valence electrons. The zero-order valence-electron chi connectivity index (χ0n) is 10.3. The summed E-state index contributed by atoms with van der Waals surface area (Å²) in [5.74, 6) is -1.53. The summed E-state index contributed by atoms with van der Waals surface area (Å²) in [5, 5.41) is 20.1. The number of nitro benzene ring substituents is 1. The van der Waals surface area contributed by atoms with Crippen molar-refractivity contribution in [3.05, 3.63) is 33.9 Å². The quantitative estimate of drug-likeness (QED) is 0.621. The van der Waals surface area contributed by atoms with Gasteiger partial charge in [-0.15, -0.1) is 0 Å². The average Bonchev–Trinajstić information content (AvgIpc) is 2.34. The topological polar surface area (TPSA) is 89.7 Å². The molecule has 1 aromatic rings. The van der Waals surface area contributed by atoms with Gasteiger partial charge in [-0.3, -0.25) is 14.9 Å². The molecule has 0 heterocycles. The van der Waals surface area contributed by atoms with E-state index >= 15 is 0 Å². The lowest BCUT2D eigenvalue weighted by molar-refractivity contribution is -0.385. The van der Waals surface area contributed by atoms with Crippen molar-refractivity contribution in [2.24, 2.45) is 0 Å². The molecule has 1 unspecified atom stereocenters. The van der Waals surface area contributed by atoms with Crippen LogP contribution in [0.3, 0.4) is 0 Å². The third kappa shape index (κ3) is 2.97. The Hall–Kier alpha value is -2.11. The average molecular weight is 253 g/mol. The Kier molecular flexibility index (Phi) is 4.65. The number of nitro groups is 1. The molecule has 0 radical (unpaired) electrons. The minimum atomic E-state index is -1.06. The summed E-state index contributed by atoms with van der Waals surface area (Å²) in [4.78, 5) is 21.6. The first-order valence-corrected chi connectivity index (χ1v) is 5.56. The first kappa shape index (κ1) is 14.0. The van der Waals surface area contributed by atoms with Gasteiger partial charge in [-0.05, 0) is 18.6 Å². The van der Waals surface area contributed by atoms with E-state index in [1.165, 1.54) is 25.3 Å². The van der Waals surface area contributed by atoms with E-state index in [-0.39, 0.29) is 11.3 Å². The number of aliphatic carboxylic acids is 1. The van der Waals surface area contributed by atoms with Crippen LogP contribution in [-0.2, 0) is 4.79 Å². The lowest BCUT2D eigenvalue weighted by Gasteiger charge is -2.13. The molecule has 0 fully saturated rings. The SMILES string of the molecule is CCCC(C(=O)O)c1cc(OC)ccc1[N+](=O)[O-]. The fourth-order valence-corrected chi connectivity index (χ4v) is 1.81. The highest BCUT2D eigenvalue weighted by atomic mass is 16.6. The van der Waals surface area contributed by atoms with Crippen LogP contribution in [0.4, 0.5) is 5.69 Å². The Balaban J connectivity index is 3.31. The Morgan fingerprint density at radius 1 is 1.56 bits per heavy atom. The highest BCUT2D eigenvalue weighted by molar-refractivity contribution is 5.78. The van der Waals surface area contributed by atoms with Crippen LogP contribution in [-0.4, -0.2) is 23.1 Å². The molecular weight excluding hydrogens is 238 g/mol. The number of carbonyl (C=O) groups is 1. The minimum absolute atomic E-state index is 0.184. The van der Waals surface area contributed by atoms with Gasteiger partial charge in [0.2, 0.25) is 0 Å². The molecule has 0 aliphatic rings. The fraction of sp³-hybridized carbons (Fsp3) is 0.417. The van der Waals surface area contributed by atoms with Gasteiger partial charge in [0.05, 0.1) is 18.0 Å². The first-order valence-electron chi connectivity index (χ1n) is 5.56. The van der Waals surface area contributed by atoms with Crippen molar-refractivity contribution in [2.75, 3.05) is 7.11 Å². The molecule has 0 saturated heterocycles. The van der Waals surface area contributed by atoms with E-state index in [1.54, 1.807) is 0 Å². The predicted octanol–water partition coefficient (Wildman–Crippen LogP) is 2.57. The zero-order chi connectivity index (χ0) is 13.7. The zero-order valence-corrected chi connectivity index (χ0v) is 10.3. The summed E-state index contributed by atoms with van der Waals surface area (Å²) < 4.78 is 4.98. The second-order valence-electron chi connectivity index (χ2n) is 3.86. The number of ether oxygens (including phenoxy) is 1. The summed E-state index contributed by atoms with van der Waals surface area (Å²) in [5.41, 5.74) is 0.00495. The molecule has 0 aromatic heterocycles. The van der Waals surface area contributed by atoms with Crippen molar-refractivity contribution in [3.8, 4) is 5.75 Å². The lowest BCUT2D eigenvalue weighted by atomic mass is 9.93. The van der Waals surface area contributed by atoms with E-state index in [2.05, 4.69) is 0 Å². The smallest absolute Gasteiger partial charge is 0.311 e. The third-order valence-electron chi connectivity index (χ3n) is 2.68. The Morgan fingerprint density at radius 3 is 2.67 bits per heavy atom. The standard InChI is InChI=1S/C12H15NO5/c1-3-4-9(12(14)15)10-7-8(18-2)5-6-11(10)13(16)17/h5-7,9H,3-4H2,1-2H3,(H,14,15). The van der Waals surface area contributed by atoms with Crippen LogP contribution in [0.25, 0.3) is 0 Å². The number of methoxy groups -OCH3 is 1. The Bertz CT molecular complexity index is 458. The van der Waals surface area contributed by atoms with Crippen LogP contribution in [0.5, 0.6) is 5.75 Å². The van der Waals surface area contributed by atoms with E-state index in [4.69, 9.17) is 9.84 Å². The molecular formula is C12H15NO5. The number of carboxylic acids is 1. The van der Waals surface area contributed by atoms with Crippen LogP contribution in [0.2, 0.25) is 0 Å². The van der Waals surface area contributed by atoms with Crippen molar-refractivity contribution in [1.82, 2.24) is 0 Å². The van der Waals surface area contributed by atoms with Gasteiger partial charge in [-0.1, -0.05) is 13.3 Å². The van der Waals surface area contributed by atoms with Gasteiger partial charge in [-0.25, -0.2) is 0 Å². The second-order valence-corrected chi connectivity index (χ2v) is 3.86. The van der Waals surface area contributed by atoms with Crippen molar-refractivity contribution in [2.45, 2.75) is 25.7 Å². The maximum Gasteiger partial charge on any atom is 0.311 e. The number of hydrogen-bond acceptors (Lipinski definition) is 4. The van der Waals surface area contributed by atoms with Crippen molar-refractivity contribution < 1.29 is 19.6 Å². The molecule has 1 atom stereocenters. The van der Waals surface area contributed by atoms with Crippen LogP contribution in [0.15, 0.2) is 18.2 Å². The first-order chi connectivity index (χ1) is 8.51. The van der Waals surface area contributed by atoms with Crippen molar-refractivity contribution >= 4 is 11.7 Å². The second kappa shape index (κ2) is 6.00. The molecule has 0 aliphatic heterocycles. The molecule has 1 aromatic carbocycles. The van der Waals surface area contributed by atoms with Gasteiger partial charge >= 0.3 is 5.97 Å². The van der Waals surface area contributed by atoms with Gasteiger partial charge in [0.1, 0.15) is 5.75 Å². The molecule has 1 rings (SSSR count). The highest BCUT2D eigenvalue weighted by Crippen LogP contribution is 2.33. The van der Waals surface area contributed by atoms with Crippen LogP contribution in [0, 0.1) is 10.1 Å². The third-order valence-corrected chi connectivity index (χ3v) is 2.68. The molecule has 0 bridgehead atoms. The summed E-state index contributed by atoms with van der Waals surface area (Å²) in [6, 6.07) is 4.15. The number of rotatable bonds is 6. The molecule has 1 N–H and O–H groups in total. The van der Waals surface area contributed by atoms with E-state index < -0.39 is 16.8 Å². The number of carboxylic acid groups (broad SMARTS) is 1. The van der Waals surface area contributed by atoms with Gasteiger partial charge in [-0.2, -0.15) is 0 Å².